The van der Waals surface area contributed by atoms with Crippen LogP contribution in [0.15, 0.2) is 60.9 Å². The van der Waals surface area contributed by atoms with Crippen molar-refractivity contribution < 1.29 is 35.5 Å². The normalized spacial score (nSPS) is 11.5. The molecule has 4 nitrogen and oxygen atoms in total. The lowest BCUT2D eigenvalue weighted by Crippen LogP contribution is -2.33. The van der Waals surface area contributed by atoms with E-state index in [0.717, 1.165) is 17.0 Å². The smallest absolute Gasteiger partial charge is 0.397 e. The van der Waals surface area contributed by atoms with Gasteiger partial charge in [0.1, 0.15) is 5.82 Å². The van der Waals surface area contributed by atoms with Gasteiger partial charge in [0, 0.05) is 23.6 Å². The zero-order chi connectivity index (χ0) is 25.8. The van der Waals surface area contributed by atoms with E-state index in [1.54, 1.807) is 0 Å². The highest BCUT2D eigenvalue weighted by atomic mass is 19.4. The van der Waals surface area contributed by atoms with Crippen LogP contribution >= 0.6 is 0 Å². The maximum Gasteiger partial charge on any atom is 0.416 e. The van der Waals surface area contributed by atoms with E-state index >= 15 is 0 Å². The molecule has 0 unspecified atom stereocenters. The van der Waals surface area contributed by atoms with Gasteiger partial charge in [0.25, 0.3) is 0 Å². The highest BCUT2D eigenvalue weighted by molar-refractivity contribution is 5.95. The number of nitrogen functional groups attached to an aromatic ring is 1. The van der Waals surface area contributed by atoms with Crippen LogP contribution in [0.25, 0.3) is 0 Å². The van der Waals surface area contributed by atoms with Gasteiger partial charge < -0.3 is 10.6 Å². The number of anilines is 2. The Hall–Kier alpha value is -4.07. The predicted molar refractivity (Wildman–Crippen MR) is 114 cm³/mol. The molecule has 0 aliphatic rings. The van der Waals surface area contributed by atoms with Crippen LogP contribution in [0.1, 0.15) is 22.3 Å². The number of nitrogens with two attached hydrogens (primary N) is 1. The average Bonchev–Trinajstić information content (AvgIpc) is 2.76. The second-order valence-electron chi connectivity index (χ2n) is 7.31. The highest BCUT2D eigenvalue weighted by Gasteiger charge is 2.38. The first kappa shape index (κ1) is 25.6. The van der Waals surface area contributed by atoms with Gasteiger partial charge >= 0.3 is 12.4 Å². The van der Waals surface area contributed by atoms with E-state index < -0.39 is 47.2 Å². The summed E-state index contributed by atoms with van der Waals surface area (Å²) in [5.74, 6) is 3.89. The number of benzene rings is 2. The molecule has 0 fully saturated rings. The third-order valence-electron chi connectivity index (χ3n) is 4.75. The number of pyridine rings is 1. The molecule has 2 N–H and O–H groups in total. The quantitative estimate of drug-likeness (QED) is 0.386. The molecule has 1 amide bonds. The first-order valence-electron chi connectivity index (χ1n) is 9.87. The summed E-state index contributed by atoms with van der Waals surface area (Å²) in [7, 11) is 0. The second-order valence-corrected chi connectivity index (χ2v) is 7.31. The minimum atomic E-state index is -5.13. The van der Waals surface area contributed by atoms with E-state index in [1.807, 2.05) is 0 Å². The van der Waals surface area contributed by atoms with Crippen molar-refractivity contribution in [3.63, 3.8) is 0 Å². The molecular formula is C24H16F7N3O. The molecule has 0 aliphatic carbocycles. The van der Waals surface area contributed by atoms with Crippen LogP contribution in [0.4, 0.5) is 42.1 Å². The third-order valence-corrected chi connectivity index (χ3v) is 4.75. The molecule has 1 aromatic heterocycles. The summed E-state index contributed by atoms with van der Waals surface area (Å²) < 4.78 is 92.6. The maximum absolute atomic E-state index is 13.5. The van der Waals surface area contributed by atoms with Gasteiger partial charge in [-0.2, -0.15) is 26.3 Å². The number of rotatable bonds is 4. The van der Waals surface area contributed by atoms with Crippen molar-refractivity contribution in [2.24, 2.45) is 0 Å². The summed E-state index contributed by atoms with van der Waals surface area (Å²) >= 11 is 0. The van der Waals surface area contributed by atoms with Crippen LogP contribution in [0.3, 0.4) is 0 Å². The molecule has 35 heavy (non-hydrogen) atoms. The van der Waals surface area contributed by atoms with Crippen molar-refractivity contribution in [2.45, 2.75) is 18.8 Å². The van der Waals surface area contributed by atoms with Crippen molar-refractivity contribution in [2.75, 3.05) is 17.2 Å². The molecule has 0 atom stereocenters. The fourth-order valence-electron chi connectivity index (χ4n) is 3.12. The minimum Gasteiger partial charge on any atom is -0.397 e. The van der Waals surface area contributed by atoms with Gasteiger partial charge in [-0.25, -0.2) is 4.39 Å². The second kappa shape index (κ2) is 10.0. The van der Waals surface area contributed by atoms with Crippen LogP contribution < -0.4 is 10.6 Å². The number of carbonyl (C=O) groups excluding carboxylic acids is 1. The lowest BCUT2D eigenvalue weighted by Gasteiger charge is -2.22. The number of hydrogen-bond acceptors (Lipinski definition) is 3. The molecule has 2 aromatic carbocycles. The highest BCUT2D eigenvalue weighted by Crippen LogP contribution is 2.37. The fourth-order valence-corrected chi connectivity index (χ4v) is 3.12. The monoisotopic (exact) mass is 495 g/mol. The molecule has 0 spiro atoms. The number of hydrogen-bond donors (Lipinski definition) is 1. The standard InChI is InChI=1S/C24H16F7N3O/c25-18-5-7-20(8-6-18)34(9-1-2-15-10-19(32)14-33-13-15)22(35)11-16-3-4-17(23(26,27)28)12-21(16)24(29,30)31/h3-8,10,12-14H,9,11,32H2. The van der Waals surface area contributed by atoms with Gasteiger partial charge in [0.15, 0.2) is 0 Å². The van der Waals surface area contributed by atoms with Crippen LogP contribution in [0.2, 0.25) is 0 Å². The largest absolute Gasteiger partial charge is 0.416 e. The Morgan fingerprint density at radius 2 is 1.63 bits per heavy atom. The number of alkyl halides is 6. The zero-order valence-electron chi connectivity index (χ0n) is 17.7. The molecule has 11 heteroatoms. The Bertz CT molecular complexity index is 1270. The minimum absolute atomic E-state index is 0.0303. The zero-order valence-corrected chi connectivity index (χ0v) is 17.7. The lowest BCUT2D eigenvalue weighted by atomic mass is 10.00. The summed E-state index contributed by atoms with van der Waals surface area (Å²) in [6.45, 7) is -0.304. The molecule has 3 aromatic rings. The van der Waals surface area contributed by atoms with Crippen LogP contribution in [-0.4, -0.2) is 17.4 Å². The van der Waals surface area contributed by atoms with E-state index in [2.05, 4.69) is 16.8 Å². The first-order chi connectivity index (χ1) is 16.3. The molecule has 182 valence electrons. The van der Waals surface area contributed by atoms with E-state index in [9.17, 15) is 35.5 Å². The Morgan fingerprint density at radius 1 is 0.943 bits per heavy atom. The summed E-state index contributed by atoms with van der Waals surface area (Å²) in [6.07, 6.45) is -8.19. The Labute approximate surface area is 195 Å². The number of carbonyl (C=O) groups is 1. The Morgan fingerprint density at radius 3 is 2.23 bits per heavy atom. The third kappa shape index (κ3) is 6.72. The van der Waals surface area contributed by atoms with E-state index in [0.29, 0.717) is 23.4 Å². The summed E-state index contributed by atoms with van der Waals surface area (Å²) in [6, 6.07) is 7.14. The van der Waals surface area contributed by atoms with Gasteiger partial charge in [0.05, 0.1) is 29.8 Å². The number of amides is 1. The SMILES string of the molecule is Nc1cncc(C#CCN(C(=O)Cc2ccc(C(F)(F)F)cc2C(F)(F)F)c2ccc(F)cc2)c1. The first-order valence-corrected chi connectivity index (χ1v) is 9.87. The molecule has 0 saturated heterocycles. The van der Waals surface area contributed by atoms with Crippen molar-refractivity contribution in [1.82, 2.24) is 4.98 Å². The molecule has 0 aliphatic heterocycles. The molecule has 0 bridgehead atoms. The Balaban J connectivity index is 1.94. The molecular weight excluding hydrogens is 479 g/mol. The van der Waals surface area contributed by atoms with Gasteiger partial charge in [-0.15, -0.1) is 0 Å². The number of aromatic nitrogens is 1. The molecule has 0 saturated carbocycles. The number of halogens is 7. The van der Waals surface area contributed by atoms with E-state index in [4.69, 9.17) is 5.73 Å². The summed E-state index contributed by atoms with van der Waals surface area (Å²) in [4.78, 5) is 17.9. The average molecular weight is 495 g/mol. The topological polar surface area (TPSA) is 59.2 Å². The summed E-state index contributed by atoms with van der Waals surface area (Å²) in [5, 5.41) is 0. The Kier molecular flexibility index (Phi) is 7.34. The van der Waals surface area contributed by atoms with E-state index in [1.165, 1.54) is 30.6 Å². The van der Waals surface area contributed by atoms with Crippen molar-refractivity contribution in [3.05, 3.63) is 89.0 Å². The van der Waals surface area contributed by atoms with Gasteiger partial charge in [-0.1, -0.05) is 17.9 Å². The maximum atomic E-state index is 13.5. The van der Waals surface area contributed by atoms with Crippen molar-refractivity contribution in [3.8, 4) is 11.8 Å². The number of nitrogens with zero attached hydrogens (tertiary/aromatic N) is 2. The van der Waals surface area contributed by atoms with E-state index in [-0.39, 0.29) is 18.3 Å². The molecule has 0 radical (unpaired) electrons. The molecule has 3 rings (SSSR count). The van der Waals surface area contributed by atoms with Crippen molar-refractivity contribution >= 4 is 17.3 Å². The lowest BCUT2D eigenvalue weighted by molar-refractivity contribution is -0.143. The summed E-state index contributed by atoms with van der Waals surface area (Å²) in [5.41, 5.74) is 2.81. The van der Waals surface area contributed by atoms with Gasteiger partial charge in [0.2, 0.25) is 5.91 Å². The van der Waals surface area contributed by atoms with Gasteiger partial charge in [-0.3, -0.25) is 9.78 Å². The van der Waals surface area contributed by atoms with Gasteiger partial charge in [-0.05, 0) is 48.0 Å². The van der Waals surface area contributed by atoms with Crippen LogP contribution in [0.5, 0.6) is 0 Å². The van der Waals surface area contributed by atoms with Crippen LogP contribution in [-0.2, 0) is 23.6 Å². The molecule has 1 heterocycles. The predicted octanol–water partition coefficient (Wildman–Crippen LogP) is 5.47. The van der Waals surface area contributed by atoms with Crippen LogP contribution in [0, 0.1) is 17.7 Å². The fraction of sp³-hybridized carbons (Fsp3) is 0.167. The van der Waals surface area contributed by atoms with Crippen molar-refractivity contribution in [1.29, 1.82) is 0 Å².